The first-order valence-corrected chi connectivity index (χ1v) is 7.32. The number of benzene rings is 3. The van der Waals surface area contributed by atoms with Gasteiger partial charge in [0.1, 0.15) is 0 Å². The molecule has 3 rings (SSSR count). The van der Waals surface area contributed by atoms with E-state index in [1.807, 2.05) is 37.3 Å². The lowest BCUT2D eigenvalue weighted by Gasteiger charge is -2.26. The highest BCUT2D eigenvalue weighted by molar-refractivity contribution is 5.87. The monoisotopic (exact) mass is 276 g/mol. The second kappa shape index (κ2) is 5.34. The smallest absolute Gasteiger partial charge is 0.0914 e. The summed E-state index contributed by atoms with van der Waals surface area (Å²) in [6.45, 7) is 3.98. The molecule has 1 atom stereocenters. The zero-order valence-corrected chi connectivity index (χ0v) is 12.5. The summed E-state index contributed by atoms with van der Waals surface area (Å²) in [7, 11) is 0. The fraction of sp³-hybridized carbons (Fsp3) is 0.200. The van der Waals surface area contributed by atoms with E-state index in [0.717, 1.165) is 16.5 Å². The standard InChI is InChI=1S/C20H20O/c1-15-12-17-10-6-7-11-18(17)19(13-15)20(2,21)14-16-8-4-3-5-9-16/h3-13,21H,14H2,1-2H3/t20-/m0/s1. The van der Waals surface area contributed by atoms with Crippen LogP contribution in [-0.4, -0.2) is 5.11 Å². The maximum absolute atomic E-state index is 11.1. The van der Waals surface area contributed by atoms with E-state index in [2.05, 4.69) is 43.3 Å². The van der Waals surface area contributed by atoms with Crippen LogP contribution in [0, 0.1) is 6.92 Å². The molecule has 0 spiro atoms. The maximum Gasteiger partial charge on any atom is 0.0914 e. The van der Waals surface area contributed by atoms with Gasteiger partial charge in [0, 0.05) is 6.42 Å². The van der Waals surface area contributed by atoms with Crippen LogP contribution in [0.5, 0.6) is 0 Å². The fourth-order valence-corrected chi connectivity index (χ4v) is 2.99. The number of hydrogen-bond donors (Lipinski definition) is 1. The molecule has 0 saturated heterocycles. The minimum Gasteiger partial charge on any atom is -0.385 e. The molecule has 106 valence electrons. The van der Waals surface area contributed by atoms with E-state index in [1.54, 1.807) is 0 Å². The summed E-state index contributed by atoms with van der Waals surface area (Å²) in [5.74, 6) is 0. The Morgan fingerprint density at radius 2 is 1.57 bits per heavy atom. The number of aliphatic hydroxyl groups is 1. The molecule has 0 aliphatic rings. The number of rotatable bonds is 3. The third-order valence-corrected chi connectivity index (χ3v) is 3.98. The van der Waals surface area contributed by atoms with Crippen molar-refractivity contribution >= 4 is 10.8 Å². The van der Waals surface area contributed by atoms with E-state index in [9.17, 15) is 5.11 Å². The van der Waals surface area contributed by atoms with Gasteiger partial charge < -0.3 is 5.11 Å². The van der Waals surface area contributed by atoms with Crippen LogP contribution in [-0.2, 0) is 12.0 Å². The molecule has 1 N–H and O–H groups in total. The SMILES string of the molecule is Cc1cc([C@@](C)(O)Cc2ccccc2)c2ccccc2c1. The summed E-state index contributed by atoms with van der Waals surface area (Å²) in [6.07, 6.45) is 0.612. The molecular weight excluding hydrogens is 256 g/mol. The largest absolute Gasteiger partial charge is 0.385 e. The van der Waals surface area contributed by atoms with Crippen molar-refractivity contribution in [3.8, 4) is 0 Å². The first-order chi connectivity index (χ1) is 10.1. The molecule has 0 aromatic heterocycles. The molecule has 0 amide bonds. The Balaban J connectivity index is 2.10. The normalized spacial score (nSPS) is 14.0. The quantitative estimate of drug-likeness (QED) is 0.741. The average Bonchev–Trinajstić information content (AvgIpc) is 2.47. The fourth-order valence-electron chi connectivity index (χ4n) is 2.99. The van der Waals surface area contributed by atoms with Gasteiger partial charge in [-0.3, -0.25) is 0 Å². The Bertz CT molecular complexity index is 757. The molecule has 1 heteroatoms. The predicted octanol–water partition coefficient (Wildman–Crippen LogP) is 4.60. The summed E-state index contributed by atoms with van der Waals surface area (Å²) in [5, 5.41) is 13.4. The highest BCUT2D eigenvalue weighted by Crippen LogP contribution is 2.32. The van der Waals surface area contributed by atoms with Gasteiger partial charge in [-0.15, -0.1) is 0 Å². The third kappa shape index (κ3) is 2.84. The van der Waals surface area contributed by atoms with Gasteiger partial charge in [0.15, 0.2) is 0 Å². The van der Waals surface area contributed by atoms with Gasteiger partial charge in [-0.25, -0.2) is 0 Å². The van der Waals surface area contributed by atoms with Crippen molar-refractivity contribution in [1.82, 2.24) is 0 Å². The van der Waals surface area contributed by atoms with Crippen molar-refractivity contribution in [2.45, 2.75) is 25.9 Å². The van der Waals surface area contributed by atoms with Gasteiger partial charge in [-0.05, 0) is 35.7 Å². The number of fused-ring (bicyclic) bond motifs is 1. The van der Waals surface area contributed by atoms with E-state index in [0.29, 0.717) is 6.42 Å². The van der Waals surface area contributed by atoms with E-state index in [1.165, 1.54) is 10.9 Å². The van der Waals surface area contributed by atoms with E-state index >= 15 is 0 Å². The molecule has 3 aromatic rings. The highest BCUT2D eigenvalue weighted by Gasteiger charge is 2.25. The first-order valence-electron chi connectivity index (χ1n) is 7.32. The maximum atomic E-state index is 11.1. The molecule has 0 heterocycles. The molecule has 0 fully saturated rings. The lowest BCUT2D eigenvalue weighted by Crippen LogP contribution is -2.24. The summed E-state index contributed by atoms with van der Waals surface area (Å²) < 4.78 is 0. The Hall–Kier alpha value is -2.12. The lowest BCUT2D eigenvalue weighted by atomic mass is 9.85. The van der Waals surface area contributed by atoms with Crippen molar-refractivity contribution < 1.29 is 5.11 Å². The minimum absolute atomic E-state index is 0.612. The molecule has 0 unspecified atom stereocenters. The first kappa shape index (κ1) is 13.8. The van der Waals surface area contributed by atoms with Crippen molar-refractivity contribution in [3.05, 3.63) is 83.4 Å². The third-order valence-electron chi connectivity index (χ3n) is 3.98. The molecule has 0 aliphatic carbocycles. The van der Waals surface area contributed by atoms with Crippen LogP contribution >= 0.6 is 0 Å². The topological polar surface area (TPSA) is 20.2 Å². The average molecular weight is 276 g/mol. The molecular formula is C20H20O. The van der Waals surface area contributed by atoms with Gasteiger partial charge in [0.25, 0.3) is 0 Å². The highest BCUT2D eigenvalue weighted by atomic mass is 16.3. The lowest BCUT2D eigenvalue weighted by molar-refractivity contribution is 0.0591. The van der Waals surface area contributed by atoms with Gasteiger partial charge in [-0.2, -0.15) is 0 Å². The van der Waals surface area contributed by atoms with Crippen molar-refractivity contribution in [2.75, 3.05) is 0 Å². The molecule has 21 heavy (non-hydrogen) atoms. The van der Waals surface area contributed by atoms with Gasteiger partial charge in [-0.1, -0.05) is 72.3 Å². The van der Waals surface area contributed by atoms with E-state index < -0.39 is 5.60 Å². The summed E-state index contributed by atoms with van der Waals surface area (Å²) in [6, 6.07) is 22.7. The summed E-state index contributed by atoms with van der Waals surface area (Å²) in [4.78, 5) is 0. The van der Waals surface area contributed by atoms with Crippen LogP contribution < -0.4 is 0 Å². The van der Waals surface area contributed by atoms with Crippen LogP contribution in [0.1, 0.15) is 23.6 Å². The Labute approximate surface area is 125 Å². The number of hydrogen-bond acceptors (Lipinski definition) is 1. The van der Waals surface area contributed by atoms with Gasteiger partial charge >= 0.3 is 0 Å². The van der Waals surface area contributed by atoms with Crippen molar-refractivity contribution in [3.63, 3.8) is 0 Å². The van der Waals surface area contributed by atoms with Crippen LogP contribution in [0.2, 0.25) is 0 Å². The minimum atomic E-state index is -0.882. The van der Waals surface area contributed by atoms with Crippen LogP contribution in [0.3, 0.4) is 0 Å². The Kier molecular flexibility index (Phi) is 3.52. The Morgan fingerprint density at radius 3 is 2.33 bits per heavy atom. The Morgan fingerprint density at radius 1 is 0.905 bits per heavy atom. The summed E-state index contributed by atoms with van der Waals surface area (Å²) in [5.41, 5.74) is 2.44. The van der Waals surface area contributed by atoms with E-state index in [-0.39, 0.29) is 0 Å². The zero-order valence-electron chi connectivity index (χ0n) is 12.5. The predicted molar refractivity (Wildman–Crippen MR) is 88.4 cm³/mol. The van der Waals surface area contributed by atoms with Crippen molar-refractivity contribution in [2.24, 2.45) is 0 Å². The van der Waals surface area contributed by atoms with E-state index in [4.69, 9.17) is 0 Å². The van der Waals surface area contributed by atoms with Crippen molar-refractivity contribution in [1.29, 1.82) is 0 Å². The van der Waals surface area contributed by atoms with Gasteiger partial charge in [0.05, 0.1) is 5.60 Å². The molecule has 0 radical (unpaired) electrons. The molecule has 0 aliphatic heterocycles. The zero-order chi connectivity index (χ0) is 14.9. The van der Waals surface area contributed by atoms with Crippen LogP contribution in [0.4, 0.5) is 0 Å². The summed E-state index contributed by atoms with van der Waals surface area (Å²) >= 11 is 0. The van der Waals surface area contributed by atoms with Crippen LogP contribution in [0.25, 0.3) is 10.8 Å². The number of aryl methyl sites for hydroxylation is 1. The van der Waals surface area contributed by atoms with Gasteiger partial charge in [0.2, 0.25) is 0 Å². The molecule has 0 bridgehead atoms. The molecule has 0 saturated carbocycles. The molecule has 3 aromatic carbocycles. The second-order valence-corrected chi connectivity index (χ2v) is 5.97. The molecule has 1 nitrogen and oxygen atoms in total. The second-order valence-electron chi connectivity index (χ2n) is 5.97. The van der Waals surface area contributed by atoms with Crippen LogP contribution in [0.15, 0.2) is 66.7 Å².